The molecule has 1 aromatic rings. The van der Waals surface area contributed by atoms with Crippen molar-refractivity contribution in [1.29, 1.82) is 0 Å². The Labute approximate surface area is 109 Å². The summed E-state index contributed by atoms with van der Waals surface area (Å²) in [7, 11) is 2.04. The van der Waals surface area contributed by atoms with Crippen LogP contribution in [0.3, 0.4) is 0 Å². The van der Waals surface area contributed by atoms with Gasteiger partial charge in [0.15, 0.2) is 0 Å². The second kappa shape index (κ2) is 5.53. The number of hydrogen-bond acceptors (Lipinski definition) is 3. The van der Waals surface area contributed by atoms with Gasteiger partial charge in [0, 0.05) is 25.9 Å². The molecule has 1 heterocycles. The molecule has 1 unspecified atom stereocenters. The maximum Gasteiger partial charge on any atom is 0.130 e. The Balaban J connectivity index is 2.09. The molecule has 1 atom stereocenters. The first-order valence-electron chi connectivity index (χ1n) is 6.47. The Morgan fingerprint density at radius 1 is 1.50 bits per heavy atom. The predicted octanol–water partition coefficient (Wildman–Crippen LogP) is 2.43. The van der Waals surface area contributed by atoms with Crippen LogP contribution in [0.4, 0.5) is 5.69 Å². The van der Waals surface area contributed by atoms with Gasteiger partial charge in [-0.25, -0.2) is 0 Å². The number of carbonyl (C=O) groups is 1. The van der Waals surface area contributed by atoms with Gasteiger partial charge in [-0.15, -0.1) is 0 Å². The minimum absolute atomic E-state index is 0.337. The molecule has 0 saturated carbocycles. The second-order valence-electron chi connectivity index (χ2n) is 5.33. The van der Waals surface area contributed by atoms with E-state index in [-0.39, 0.29) is 5.41 Å². The molecule has 0 aliphatic carbocycles. The summed E-state index contributed by atoms with van der Waals surface area (Å²) >= 11 is 0. The van der Waals surface area contributed by atoms with Gasteiger partial charge in [0.25, 0.3) is 0 Å². The summed E-state index contributed by atoms with van der Waals surface area (Å²) in [4.78, 5) is 13.6. The van der Waals surface area contributed by atoms with E-state index in [0.717, 1.165) is 38.0 Å². The molecule has 3 heteroatoms. The zero-order valence-corrected chi connectivity index (χ0v) is 11.2. The molecule has 98 valence electrons. The Bertz CT molecular complexity index is 411. The van der Waals surface area contributed by atoms with Crippen molar-refractivity contribution in [3.05, 3.63) is 29.8 Å². The average Bonchev–Trinajstić information content (AvgIpc) is 2.40. The van der Waals surface area contributed by atoms with E-state index in [2.05, 4.69) is 30.0 Å². The van der Waals surface area contributed by atoms with Gasteiger partial charge in [0.2, 0.25) is 0 Å². The molecule has 2 rings (SSSR count). The number of aryl methyl sites for hydroxylation is 1. The molecule has 1 aromatic carbocycles. The van der Waals surface area contributed by atoms with Crippen LogP contribution >= 0.6 is 0 Å². The van der Waals surface area contributed by atoms with Crippen LogP contribution in [0.15, 0.2) is 24.3 Å². The van der Waals surface area contributed by atoms with Gasteiger partial charge in [-0.3, -0.25) is 0 Å². The smallest absolute Gasteiger partial charge is 0.130 e. The van der Waals surface area contributed by atoms with E-state index in [9.17, 15) is 4.79 Å². The summed E-state index contributed by atoms with van der Waals surface area (Å²) in [6.45, 7) is 4.13. The van der Waals surface area contributed by atoms with Crippen molar-refractivity contribution < 1.29 is 9.53 Å². The van der Waals surface area contributed by atoms with Crippen molar-refractivity contribution in [2.75, 3.05) is 31.7 Å². The third-order valence-corrected chi connectivity index (χ3v) is 3.60. The van der Waals surface area contributed by atoms with Gasteiger partial charge < -0.3 is 14.4 Å². The molecule has 0 amide bonds. The highest BCUT2D eigenvalue weighted by atomic mass is 16.5. The monoisotopic (exact) mass is 247 g/mol. The normalized spacial score (nSPS) is 23.7. The maximum absolute atomic E-state index is 11.4. The van der Waals surface area contributed by atoms with E-state index in [1.54, 1.807) is 0 Å². The maximum atomic E-state index is 11.4. The van der Waals surface area contributed by atoms with Crippen LogP contribution in [0.5, 0.6) is 0 Å². The van der Waals surface area contributed by atoms with Crippen molar-refractivity contribution in [2.45, 2.75) is 19.8 Å². The molecule has 0 N–H and O–H groups in total. The summed E-state index contributed by atoms with van der Waals surface area (Å²) < 4.78 is 5.48. The van der Waals surface area contributed by atoms with E-state index < -0.39 is 0 Å². The number of anilines is 1. The molecule has 18 heavy (non-hydrogen) atoms. The fourth-order valence-electron chi connectivity index (χ4n) is 2.56. The van der Waals surface area contributed by atoms with Gasteiger partial charge >= 0.3 is 0 Å². The quantitative estimate of drug-likeness (QED) is 0.765. The number of ether oxygens (including phenoxy) is 1. The van der Waals surface area contributed by atoms with Crippen LogP contribution in [-0.2, 0) is 9.53 Å². The zero-order chi connectivity index (χ0) is 13.0. The number of carbonyl (C=O) groups excluding carboxylic acids is 1. The molecule has 1 saturated heterocycles. The summed E-state index contributed by atoms with van der Waals surface area (Å²) in [6.07, 6.45) is 2.98. The van der Waals surface area contributed by atoms with Crippen LogP contribution in [-0.4, -0.2) is 33.1 Å². The van der Waals surface area contributed by atoms with Gasteiger partial charge in [-0.05, 0) is 37.5 Å². The molecule has 0 radical (unpaired) electrons. The number of nitrogens with zero attached hydrogens (tertiary/aromatic N) is 1. The van der Waals surface area contributed by atoms with Crippen LogP contribution in [0.2, 0.25) is 0 Å². The van der Waals surface area contributed by atoms with Crippen molar-refractivity contribution in [3.63, 3.8) is 0 Å². The minimum Gasteiger partial charge on any atom is -0.380 e. The first kappa shape index (κ1) is 13.1. The van der Waals surface area contributed by atoms with Crippen molar-refractivity contribution in [3.8, 4) is 0 Å². The SMILES string of the molecule is Cc1cccc(N(C)CC2(C=O)CCCOC2)c1. The van der Waals surface area contributed by atoms with Crippen molar-refractivity contribution in [1.82, 2.24) is 0 Å². The molecule has 0 spiro atoms. The summed E-state index contributed by atoms with van der Waals surface area (Å²) in [5, 5.41) is 0. The molecule has 1 aliphatic rings. The van der Waals surface area contributed by atoms with E-state index in [4.69, 9.17) is 4.74 Å². The molecule has 0 bridgehead atoms. The highest BCUT2D eigenvalue weighted by Crippen LogP contribution is 2.29. The summed E-state index contributed by atoms with van der Waals surface area (Å²) in [5.41, 5.74) is 2.05. The van der Waals surface area contributed by atoms with E-state index in [0.29, 0.717) is 6.61 Å². The van der Waals surface area contributed by atoms with Crippen LogP contribution < -0.4 is 4.90 Å². The summed E-state index contributed by atoms with van der Waals surface area (Å²) in [6, 6.07) is 8.35. The van der Waals surface area contributed by atoms with Gasteiger partial charge in [-0.2, -0.15) is 0 Å². The third kappa shape index (κ3) is 2.91. The molecular formula is C15H21NO2. The average molecular weight is 247 g/mol. The molecule has 3 nitrogen and oxygen atoms in total. The highest BCUT2D eigenvalue weighted by Gasteiger charge is 2.34. The molecule has 0 aromatic heterocycles. The number of rotatable bonds is 4. The fourth-order valence-corrected chi connectivity index (χ4v) is 2.56. The van der Waals surface area contributed by atoms with Gasteiger partial charge in [0.1, 0.15) is 6.29 Å². The van der Waals surface area contributed by atoms with E-state index in [1.165, 1.54) is 5.56 Å². The lowest BCUT2D eigenvalue weighted by Crippen LogP contribution is -2.43. The second-order valence-corrected chi connectivity index (χ2v) is 5.33. The Kier molecular flexibility index (Phi) is 4.02. The fraction of sp³-hybridized carbons (Fsp3) is 0.533. The largest absolute Gasteiger partial charge is 0.380 e. The van der Waals surface area contributed by atoms with Crippen LogP contribution in [0.1, 0.15) is 18.4 Å². The molecule has 1 fully saturated rings. The van der Waals surface area contributed by atoms with Crippen molar-refractivity contribution >= 4 is 12.0 Å². The van der Waals surface area contributed by atoms with Crippen LogP contribution in [0, 0.1) is 12.3 Å². The predicted molar refractivity (Wildman–Crippen MR) is 73.0 cm³/mol. The minimum atomic E-state index is -0.337. The lowest BCUT2D eigenvalue weighted by Gasteiger charge is -2.36. The third-order valence-electron chi connectivity index (χ3n) is 3.60. The standard InChI is InChI=1S/C15H21NO2/c1-13-5-3-6-14(9-13)16(2)10-15(11-17)7-4-8-18-12-15/h3,5-6,9,11H,4,7-8,10,12H2,1-2H3. The van der Waals surface area contributed by atoms with Gasteiger partial charge in [0.05, 0.1) is 12.0 Å². The number of aldehydes is 1. The number of hydrogen-bond donors (Lipinski definition) is 0. The van der Waals surface area contributed by atoms with Crippen LogP contribution in [0.25, 0.3) is 0 Å². The lowest BCUT2D eigenvalue weighted by molar-refractivity contribution is -0.122. The Morgan fingerprint density at radius 3 is 2.94 bits per heavy atom. The lowest BCUT2D eigenvalue weighted by atomic mass is 9.83. The number of benzene rings is 1. The topological polar surface area (TPSA) is 29.5 Å². The van der Waals surface area contributed by atoms with Crippen molar-refractivity contribution in [2.24, 2.45) is 5.41 Å². The van der Waals surface area contributed by atoms with E-state index >= 15 is 0 Å². The highest BCUT2D eigenvalue weighted by molar-refractivity contribution is 5.62. The summed E-state index contributed by atoms with van der Waals surface area (Å²) in [5.74, 6) is 0. The Morgan fingerprint density at radius 2 is 2.33 bits per heavy atom. The Hall–Kier alpha value is -1.35. The molecule has 1 aliphatic heterocycles. The molecular weight excluding hydrogens is 226 g/mol. The van der Waals surface area contributed by atoms with Gasteiger partial charge in [-0.1, -0.05) is 12.1 Å². The first-order chi connectivity index (χ1) is 8.65. The van der Waals surface area contributed by atoms with E-state index in [1.807, 2.05) is 13.1 Å². The first-order valence-corrected chi connectivity index (χ1v) is 6.47. The zero-order valence-electron chi connectivity index (χ0n) is 11.2.